The lowest BCUT2D eigenvalue weighted by Gasteiger charge is -2.02. The van der Waals surface area contributed by atoms with E-state index in [1.54, 1.807) is 18.4 Å². The van der Waals surface area contributed by atoms with Gasteiger partial charge in [-0.15, -0.1) is 0 Å². The van der Waals surface area contributed by atoms with Crippen LogP contribution in [0.3, 0.4) is 0 Å². The van der Waals surface area contributed by atoms with Crippen LogP contribution in [0.25, 0.3) is 0 Å². The second-order valence-corrected chi connectivity index (χ2v) is 3.54. The van der Waals surface area contributed by atoms with Gasteiger partial charge in [-0.05, 0) is 18.6 Å². The number of carbonyl (C=O) groups is 1. The highest BCUT2D eigenvalue weighted by Gasteiger charge is 2.06. The van der Waals surface area contributed by atoms with Crippen LogP contribution in [0, 0.1) is 0 Å². The van der Waals surface area contributed by atoms with E-state index < -0.39 is 0 Å². The molecule has 3 heteroatoms. The highest BCUT2D eigenvalue weighted by molar-refractivity contribution is 5.71. The van der Waals surface area contributed by atoms with Crippen LogP contribution < -0.4 is 0 Å². The van der Waals surface area contributed by atoms with Gasteiger partial charge in [0.1, 0.15) is 12.2 Å². The summed E-state index contributed by atoms with van der Waals surface area (Å²) in [7, 11) is 0. The molecule has 0 atom stereocenters. The van der Waals surface area contributed by atoms with E-state index in [1.807, 2.05) is 0 Å². The minimum atomic E-state index is -0.207. The summed E-state index contributed by atoms with van der Waals surface area (Å²) in [5.41, 5.74) is 0. The molecule has 1 aromatic heterocycles. The molecule has 0 saturated carbocycles. The summed E-state index contributed by atoms with van der Waals surface area (Å²) in [4.78, 5) is 11.3. The molecule has 1 aromatic rings. The molecule has 0 aliphatic carbocycles. The second kappa shape index (κ2) is 7.10. The van der Waals surface area contributed by atoms with Crippen LogP contribution >= 0.6 is 0 Å². The summed E-state index contributed by atoms with van der Waals surface area (Å²) in [6, 6.07) is 3.54. The Morgan fingerprint density at radius 3 is 2.93 bits per heavy atom. The lowest BCUT2D eigenvalue weighted by atomic mass is 10.2. The van der Waals surface area contributed by atoms with Crippen LogP contribution in [0.5, 0.6) is 0 Å². The normalized spacial score (nSPS) is 10.2. The van der Waals surface area contributed by atoms with E-state index in [1.165, 1.54) is 12.8 Å². The van der Waals surface area contributed by atoms with Crippen molar-refractivity contribution in [2.45, 2.75) is 39.0 Å². The van der Waals surface area contributed by atoms with Gasteiger partial charge in [0.25, 0.3) is 0 Å². The highest BCUT2D eigenvalue weighted by atomic mass is 16.5. The molecule has 0 aliphatic heterocycles. The van der Waals surface area contributed by atoms with Crippen molar-refractivity contribution in [1.29, 1.82) is 0 Å². The van der Waals surface area contributed by atoms with Gasteiger partial charge in [0, 0.05) is 0 Å². The van der Waals surface area contributed by atoms with E-state index in [0.29, 0.717) is 12.4 Å². The van der Waals surface area contributed by atoms with Gasteiger partial charge in [0.2, 0.25) is 0 Å². The molecule has 0 fully saturated rings. The number of ether oxygens (including phenoxy) is 1. The third kappa shape index (κ3) is 5.25. The average molecular weight is 210 g/mol. The van der Waals surface area contributed by atoms with E-state index in [9.17, 15) is 4.79 Å². The van der Waals surface area contributed by atoms with Gasteiger partial charge >= 0.3 is 5.97 Å². The minimum Gasteiger partial charge on any atom is -0.469 e. The molecule has 15 heavy (non-hydrogen) atoms. The third-order valence-corrected chi connectivity index (χ3v) is 2.16. The molecular weight excluding hydrogens is 192 g/mol. The van der Waals surface area contributed by atoms with Gasteiger partial charge in [-0.25, -0.2) is 0 Å². The van der Waals surface area contributed by atoms with Crippen LogP contribution in [0.15, 0.2) is 22.8 Å². The zero-order valence-corrected chi connectivity index (χ0v) is 9.20. The van der Waals surface area contributed by atoms with E-state index in [4.69, 9.17) is 9.15 Å². The molecule has 1 rings (SSSR count). The van der Waals surface area contributed by atoms with Gasteiger partial charge in [-0.1, -0.05) is 26.2 Å². The Kier molecular flexibility index (Phi) is 5.59. The molecule has 0 amide bonds. The summed E-state index contributed by atoms with van der Waals surface area (Å²) in [6.45, 7) is 2.68. The number of esters is 1. The summed E-state index contributed by atoms with van der Waals surface area (Å²) in [5, 5.41) is 0. The van der Waals surface area contributed by atoms with Gasteiger partial charge in [-0.2, -0.15) is 0 Å². The van der Waals surface area contributed by atoms with Crippen molar-refractivity contribution in [3.63, 3.8) is 0 Å². The molecule has 0 saturated heterocycles. The fraction of sp³-hybridized carbons (Fsp3) is 0.583. The number of carbonyl (C=O) groups excluding carboxylic acids is 1. The van der Waals surface area contributed by atoms with Crippen molar-refractivity contribution in [2.75, 3.05) is 6.61 Å². The third-order valence-electron chi connectivity index (χ3n) is 2.16. The quantitative estimate of drug-likeness (QED) is 0.513. The fourth-order valence-electron chi connectivity index (χ4n) is 1.32. The van der Waals surface area contributed by atoms with Crippen molar-refractivity contribution >= 4 is 5.97 Å². The van der Waals surface area contributed by atoms with Gasteiger partial charge in [0.15, 0.2) is 0 Å². The van der Waals surface area contributed by atoms with E-state index >= 15 is 0 Å². The van der Waals surface area contributed by atoms with Crippen LogP contribution in [-0.2, 0) is 16.0 Å². The van der Waals surface area contributed by atoms with E-state index in [-0.39, 0.29) is 12.4 Å². The Balaban J connectivity index is 2.04. The maximum atomic E-state index is 11.3. The molecule has 0 N–H and O–H groups in total. The molecule has 0 aromatic carbocycles. The molecule has 0 radical (unpaired) electrons. The van der Waals surface area contributed by atoms with E-state index in [2.05, 4.69) is 6.92 Å². The predicted octanol–water partition coefficient (Wildman–Crippen LogP) is 2.95. The standard InChI is InChI=1S/C12H18O3/c1-2-3-4-5-8-15-12(13)10-11-7-6-9-14-11/h6-7,9H,2-5,8,10H2,1H3. The summed E-state index contributed by atoms with van der Waals surface area (Å²) >= 11 is 0. The fourth-order valence-corrected chi connectivity index (χ4v) is 1.32. The summed E-state index contributed by atoms with van der Waals surface area (Å²) in [5.74, 6) is 0.454. The number of furan rings is 1. The van der Waals surface area contributed by atoms with Crippen molar-refractivity contribution in [3.05, 3.63) is 24.2 Å². The average Bonchev–Trinajstić information content (AvgIpc) is 2.70. The first kappa shape index (κ1) is 11.8. The van der Waals surface area contributed by atoms with Crippen molar-refractivity contribution < 1.29 is 13.9 Å². The first-order valence-electron chi connectivity index (χ1n) is 5.51. The van der Waals surface area contributed by atoms with Crippen molar-refractivity contribution in [2.24, 2.45) is 0 Å². The predicted molar refractivity (Wildman–Crippen MR) is 57.5 cm³/mol. The van der Waals surface area contributed by atoms with Gasteiger partial charge < -0.3 is 9.15 Å². The Morgan fingerprint density at radius 1 is 1.40 bits per heavy atom. The molecular formula is C12H18O3. The largest absolute Gasteiger partial charge is 0.469 e. The molecule has 84 valence electrons. The molecule has 0 unspecified atom stereocenters. The van der Waals surface area contributed by atoms with Crippen LogP contribution in [0.4, 0.5) is 0 Å². The van der Waals surface area contributed by atoms with Gasteiger partial charge in [-0.3, -0.25) is 4.79 Å². The number of hydrogen-bond acceptors (Lipinski definition) is 3. The maximum Gasteiger partial charge on any atom is 0.313 e. The minimum absolute atomic E-state index is 0.207. The van der Waals surface area contributed by atoms with Crippen molar-refractivity contribution in [3.8, 4) is 0 Å². The summed E-state index contributed by atoms with van der Waals surface area (Å²) in [6.07, 6.45) is 6.28. The Morgan fingerprint density at radius 2 is 2.27 bits per heavy atom. The topological polar surface area (TPSA) is 39.4 Å². The zero-order valence-electron chi connectivity index (χ0n) is 9.20. The first-order chi connectivity index (χ1) is 7.33. The number of unbranched alkanes of at least 4 members (excludes halogenated alkanes) is 3. The second-order valence-electron chi connectivity index (χ2n) is 3.54. The van der Waals surface area contributed by atoms with Crippen LogP contribution in [0.1, 0.15) is 38.4 Å². The Hall–Kier alpha value is -1.25. The first-order valence-corrected chi connectivity index (χ1v) is 5.51. The van der Waals surface area contributed by atoms with Gasteiger partial charge in [0.05, 0.1) is 12.9 Å². The SMILES string of the molecule is CCCCCCOC(=O)Cc1ccco1. The zero-order chi connectivity index (χ0) is 10.9. The summed E-state index contributed by atoms with van der Waals surface area (Å²) < 4.78 is 10.1. The molecule has 0 spiro atoms. The van der Waals surface area contributed by atoms with Crippen molar-refractivity contribution in [1.82, 2.24) is 0 Å². The molecule has 0 aliphatic rings. The maximum absolute atomic E-state index is 11.3. The van der Waals surface area contributed by atoms with Crippen LogP contribution in [-0.4, -0.2) is 12.6 Å². The van der Waals surface area contributed by atoms with E-state index in [0.717, 1.165) is 12.8 Å². The highest BCUT2D eigenvalue weighted by Crippen LogP contribution is 2.03. The molecule has 0 bridgehead atoms. The lowest BCUT2D eigenvalue weighted by molar-refractivity contribution is -0.143. The van der Waals surface area contributed by atoms with Crippen LogP contribution in [0.2, 0.25) is 0 Å². The smallest absolute Gasteiger partial charge is 0.313 e. The molecule has 1 heterocycles. The number of rotatable bonds is 7. The molecule has 3 nitrogen and oxygen atoms in total. The number of hydrogen-bond donors (Lipinski definition) is 0. The monoisotopic (exact) mass is 210 g/mol. The lowest BCUT2D eigenvalue weighted by Crippen LogP contribution is -2.08. The Bertz CT molecular complexity index is 264. The Labute approximate surface area is 90.4 Å².